The van der Waals surface area contributed by atoms with Crippen molar-refractivity contribution >= 4 is 5.91 Å². The maximum absolute atomic E-state index is 13.6. The van der Waals surface area contributed by atoms with E-state index in [1.54, 1.807) is 6.92 Å². The maximum Gasteiger partial charge on any atom is 0.223 e. The lowest BCUT2D eigenvalue weighted by Gasteiger charge is -2.16. The van der Waals surface area contributed by atoms with E-state index in [1.165, 1.54) is 6.07 Å². The fraction of sp³-hybridized carbons (Fsp3) is 0.278. The second kappa shape index (κ2) is 7.83. The summed E-state index contributed by atoms with van der Waals surface area (Å²) in [6.45, 7) is 1.52. The normalized spacial score (nSPS) is 13.4. The van der Waals surface area contributed by atoms with Crippen LogP contribution in [0, 0.1) is 17.6 Å². The third-order valence-electron chi connectivity index (χ3n) is 3.63. The Morgan fingerprint density at radius 2 is 1.70 bits per heavy atom. The summed E-state index contributed by atoms with van der Waals surface area (Å²) in [7, 11) is 0. The van der Waals surface area contributed by atoms with Crippen LogP contribution < -0.4 is 5.32 Å². The summed E-state index contributed by atoms with van der Waals surface area (Å²) in [4.78, 5) is 12.0. The lowest BCUT2D eigenvalue weighted by Crippen LogP contribution is -2.34. The fourth-order valence-electron chi connectivity index (χ4n) is 2.36. The van der Waals surface area contributed by atoms with Gasteiger partial charge in [-0.2, -0.15) is 0 Å². The van der Waals surface area contributed by atoms with Crippen molar-refractivity contribution in [1.82, 2.24) is 5.32 Å². The van der Waals surface area contributed by atoms with Crippen molar-refractivity contribution in [3.63, 3.8) is 0 Å². The van der Waals surface area contributed by atoms with Gasteiger partial charge in [0.2, 0.25) is 5.91 Å². The predicted octanol–water partition coefficient (Wildman–Crippen LogP) is 2.99. The number of nitrogens with one attached hydrogen (secondary N) is 1. The molecule has 0 aromatic heterocycles. The van der Waals surface area contributed by atoms with Crippen LogP contribution in [0.4, 0.5) is 8.78 Å². The minimum atomic E-state index is -1.43. The molecule has 2 rings (SSSR count). The molecule has 0 fully saturated rings. The molecule has 2 aromatic carbocycles. The summed E-state index contributed by atoms with van der Waals surface area (Å²) in [6, 6.07) is 12.9. The van der Waals surface area contributed by atoms with E-state index in [0.717, 1.165) is 17.7 Å². The monoisotopic (exact) mass is 319 g/mol. The van der Waals surface area contributed by atoms with E-state index in [1.807, 2.05) is 30.3 Å². The van der Waals surface area contributed by atoms with Gasteiger partial charge in [-0.25, -0.2) is 8.78 Å². The summed E-state index contributed by atoms with van der Waals surface area (Å²) in [5.41, 5.74) is 0.597. The molecule has 0 radical (unpaired) electrons. The number of aliphatic hydroxyl groups excluding tert-OH is 1. The summed E-state index contributed by atoms with van der Waals surface area (Å²) >= 11 is 0. The van der Waals surface area contributed by atoms with Crippen LogP contribution in [0.1, 0.15) is 24.2 Å². The lowest BCUT2D eigenvalue weighted by atomic mass is 10.00. The number of aliphatic hydroxyl groups is 1. The van der Waals surface area contributed by atoms with Gasteiger partial charge in [0.25, 0.3) is 0 Å². The Morgan fingerprint density at radius 3 is 2.30 bits per heavy atom. The molecule has 23 heavy (non-hydrogen) atoms. The molecule has 0 aliphatic carbocycles. The summed E-state index contributed by atoms with van der Waals surface area (Å²) in [6.07, 6.45) is -0.874. The average Bonchev–Trinajstić information content (AvgIpc) is 2.53. The van der Waals surface area contributed by atoms with Crippen LogP contribution >= 0.6 is 0 Å². The molecule has 0 bridgehead atoms. The Hall–Kier alpha value is -2.27. The minimum absolute atomic E-state index is 0.240. The molecule has 2 unspecified atom stereocenters. The Morgan fingerprint density at radius 1 is 1.09 bits per heavy atom. The number of amides is 1. The zero-order chi connectivity index (χ0) is 16.8. The topological polar surface area (TPSA) is 49.3 Å². The molecule has 0 aliphatic rings. The number of benzene rings is 2. The zero-order valence-corrected chi connectivity index (χ0v) is 12.8. The SMILES string of the molecule is CC(Cc1ccccc1)C(=O)NCC(O)c1c(F)cccc1F. The predicted molar refractivity (Wildman–Crippen MR) is 83.6 cm³/mol. The van der Waals surface area contributed by atoms with Crippen LogP contribution in [0.2, 0.25) is 0 Å². The van der Waals surface area contributed by atoms with Gasteiger partial charge in [-0.15, -0.1) is 0 Å². The first-order valence-electron chi connectivity index (χ1n) is 7.42. The first-order chi connectivity index (χ1) is 11.0. The molecule has 1 amide bonds. The third-order valence-corrected chi connectivity index (χ3v) is 3.63. The Bertz CT molecular complexity index is 641. The van der Waals surface area contributed by atoms with Gasteiger partial charge < -0.3 is 10.4 Å². The summed E-state index contributed by atoms with van der Waals surface area (Å²) < 4.78 is 27.1. The van der Waals surface area contributed by atoms with Crippen LogP contribution in [-0.2, 0) is 11.2 Å². The highest BCUT2D eigenvalue weighted by atomic mass is 19.1. The van der Waals surface area contributed by atoms with Gasteiger partial charge in [0.05, 0.1) is 5.56 Å². The van der Waals surface area contributed by atoms with E-state index < -0.39 is 23.3 Å². The second-order valence-corrected chi connectivity index (χ2v) is 5.49. The highest BCUT2D eigenvalue weighted by Gasteiger charge is 2.20. The first kappa shape index (κ1) is 17.1. The van der Waals surface area contributed by atoms with Crippen LogP contribution in [0.25, 0.3) is 0 Å². The van der Waals surface area contributed by atoms with Gasteiger partial charge in [0.15, 0.2) is 0 Å². The molecular weight excluding hydrogens is 300 g/mol. The largest absolute Gasteiger partial charge is 0.386 e. The van der Waals surface area contributed by atoms with Crippen molar-refractivity contribution in [2.75, 3.05) is 6.54 Å². The highest BCUT2D eigenvalue weighted by molar-refractivity contribution is 5.78. The second-order valence-electron chi connectivity index (χ2n) is 5.49. The van der Waals surface area contributed by atoms with E-state index in [9.17, 15) is 18.7 Å². The lowest BCUT2D eigenvalue weighted by molar-refractivity contribution is -0.125. The molecule has 122 valence electrons. The van der Waals surface area contributed by atoms with E-state index in [2.05, 4.69) is 5.32 Å². The van der Waals surface area contributed by atoms with Gasteiger partial charge in [0, 0.05) is 12.5 Å². The van der Waals surface area contributed by atoms with Gasteiger partial charge in [-0.3, -0.25) is 4.79 Å². The number of hydrogen-bond acceptors (Lipinski definition) is 2. The maximum atomic E-state index is 13.6. The molecule has 0 heterocycles. The van der Waals surface area contributed by atoms with Crippen molar-refractivity contribution in [2.45, 2.75) is 19.4 Å². The summed E-state index contributed by atoms with van der Waals surface area (Å²) in [5.74, 6) is -2.24. The molecule has 2 aromatic rings. The standard InChI is InChI=1S/C18H19F2NO2/c1-12(10-13-6-3-2-4-7-13)18(23)21-11-16(22)17-14(19)8-5-9-15(17)20/h2-9,12,16,22H,10-11H2,1H3,(H,21,23). The van der Waals surface area contributed by atoms with Crippen LogP contribution in [0.5, 0.6) is 0 Å². The minimum Gasteiger partial charge on any atom is -0.386 e. The Balaban J connectivity index is 1.91. The fourth-order valence-corrected chi connectivity index (χ4v) is 2.36. The molecule has 0 aliphatic heterocycles. The van der Waals surface area contributed by atoms with Crippen molar-refractivity contribution in [3.8, 4) is 0 Å². The van der Waals surface area contributed by atoms with E-state index in [4.69, 9.17) is 0 Å². The molecule has 0 saturated heterocycles. The highest BCUT2D eigenvalue weighted by Crippen LogP contribution is 2.20. The number of hydrogen-bond donors (Lipinski definition) is 2. The molecule has 3 nitrogen and oxygen atoms in total. The van der Waals surface area contributed by atoms with Gasteiger partial charge >= 0.3 is 0 Å². The van der Waals surface area contributed by atoms with E-state index in [0.29, 0.717) is 6.42 Å². The zero-order valence-electron chi connectivity index (χ0n) is 12.8. The van der Waals surface area contributed by atoms with Crippen molar-refractivity contribution in [3.05, 3.63) is 71.3 Å². The van der Waals surface area contributed by atoms with Crippen molar-refractivity contribution in [2.24, 2.45) is 5.92 Å². The molecule has 2 atom stereocenters. The molecule has 5 heteroatoms. The van der Waals surface area contributed by atoms with E-state index >= 15 is 0 Å². The number of rotatable bonds is 6. The quantitative estimate of drug-likeness (QED) is 0.860. The van der Waals surface area contributed by atoms with E-state index in [-0.39, 0.29) is 18.4 Å². The van der Waals surface area contributed by atoms with Gasteiger partial charge in [-0.1, -0.05) is 43.3 Å². The number of carbonyl (C=O) groups is 1. The summed E-state index contributed by atoms with van der Waals surface area (Å²) in [5, 5.41) is 12.4. The molecule has 0 saturated carbocycles. The Kier molecular flexibility index (Phi) is 5.82. The first-order valence-corrected chi connectivity index (χ1v) is 7.42. The molecule has 2 N–H and O–H groups in total. The van der Waals surface area contributed by atoms with Crippen LogP contribution in [0.15, 0.2) is 48.5 Å². The molecule has 0 spiro atoms. The van der Waals surface area contributed by atoms with Crippen LogP contribution in [-0.4, -0.2) is 17.6 Å². The number of halogens is 2. The number of carbonyl (C=O) groups excluding carboxylic acids is 1. The van der Waals surface area contributed by atoms with Crippen LogP contribution in [0.3, 0.4) is 0 Å². The van der Waals surface area contributed by atoms with Gasteiger partial charge in [-0.05, 0) is 24.1 Å². The smallest absolute Gasteiger partial charge is 0.223 e. The third kappa shape index (κ3) is 4.60. The van der Waals surface area contributed by atoms with Gasteiger partial charge in [0.1, 0.15) is 17.7 Å². The van der Waals surface area contributed by atoms with Crippen molar-refractivity contribution < 1.29 is 18.7 Å². The Labute approximate surface area is 134 Å². The van der Waals surface area contributed by atoms with Crippen molar-refractivity contribution in [1.29, 1.82) is 0 Å². The molecular formula is C18H19F2NO2. The average molecular weight is 319 g/mol.